The van der Waals surface area contributed by atoms with Crippen molar-refractivity contribution < 1.29 is 9.84 Å². The van der Waals surface area contributed by atoms with Gasteiger partial charge in [0.05, 0.1) is 19.3 Å². The van der Waals surface area contributed by atoms with Crippen LogP contribution in [-0.4, -0.2) is 51.9 Å². The van der Waals surface area contributed by atoms with Crippen molar-refractivity contribution in [1.82, 2.24) is 14.8 Å². The van der Waals surface area contributed by atoms with E-state index in [0.717, 1.165) is 49.5 Å². The van der Waals surface area contributed by atoms with Crippen LogP contribution in [0.2, 0.25) is 0 Å². The van der Waals surface area contributed by atoms with Crippen molar-refractivity contribution in [2.24, 2.45) is 0 Å². The van der Waals surface area contributed by atoms with Crippen molar-refractivity contribution in [3.05, 3.63) is 35.9 Å². The van der Waals surface area contributed by atoms with Gasteiger partial charge in [-0.1, -0.05) is 42.1 Å². The fourth-order valence-corrected chi connectivity index (χ4v) is 3.55. The molecule has 1 fully saturated rings. The molecule has 3 rings (SSSR count). The molecule has 124 valence electrons. The summed E-state index contributed by atoms with van der Waals surface area (Å²) in [5.74, 6) is 1.46. The van der Waals surface area contributed by atoms with Gasteiger partial charge in [-0.15, -0.1) is 10.2 Å². The first-order valence-corrected chi connectivity index (χ1v) is 8.90. The molecule has 0 amide bonds. The normalized spacial score (nSPS) is 16.5. The molecule has 1 saturated heterocycles. The number of hydrogen-bond acceptors (Lipinski definition) is 6. The van der Waals surface area contributed by atoms with Crippen molar-refractivity contribution in [2.45, 2.75) is 24.7 Å². The predicted molar refractivity (Wildman–Crippen MR) is 90.9 cm³/mol. The number of ether oxygens (including phenoxy) is 1. The van der Waals surface area contributed by atoms with Crippen LogP contribution in [0.4, 0.5) is 5.95 Å². The van der Waals surface area contributed by atoms with Gasteiger partial charge < -0.3 is 14.7 Å². The van der Waals surface area contributed by atoms with Gasteiger partial charge in [0.2, 0.25) is 5.95 Å². The van der Waals surface area contributed by atoms with Crippen LogP contribution in [0.1, 0.15) is 18.6 Å². The van der Waals surface area contributed by atoms with Crippen molar-refractivity contribution in [3.8, 4) is 0 Å². The third kappa shape index (κ3) is 3.85. The Balaban J connectivity index is 1.67. The molecule has 2 aromatic rings. The van der Waals surface area contributed by atoms with Crippen molar-refractivity contribution in [3.63, 3.8) is 0 Å². The number of benzene rings is 1. The standard InChI is InChI=1S/C16H22N4O2S/c1-2-20-15(19-8-10-22-11-9-19)17-18-16(20)23-12-14(21)13-6-4-3-5-7-13/h3-7,14,21H,2,8-12H2,1H3. The van der Waals surface area contributed by atoms with E-state index in [1.54, 1.807) is 11.8 Å². The second-order valence-corrected chi connectivity index (χ2v) is 6.35. The van der Waals surface area contributed by atoms with E-state index in [2.05, 4.69) is 26.6 Å². The number of nitrogens with zero attached hydrogens (tertiary/aromatic N) is 4. The smallest absolute Gasteiger partial charge is 0.228 e. The summed E-state index contributed by atoms with van der Waals surface area (Å²) in [7, 11) is 0. The Morgan fingerprint density at radius 1 is 1.22 bits per heavy atom. The van der Waals surface area contributed by atoms with Crippen LogP contribution in [0.25, 0.3) is 0 Å². The maximum Gasteiger partial charge on any atom is 0.228 e. The van der Waals surface area contributed by atoms with E-state index in [1.807, 2.05) is 30.3 Å². The number of aliphatic hydroxyl groups is 1. The van der Waals surface area contributed by atoms with Crippen LogP contribution in [-0.2, 0) is 11.3 Å². The molecule has 2 heterocycles. The zero-order valence-electron chi connectivity index (χ0n) is 13.3. The van der Waals surface area contributed by atoms with E-state index >= 15 is 0 Å². The van der Waals surface area contributed by atoms with Gasteiger partial charge in [0.25, 0.3) is 0 Å². The lowest BCUT2D eigenvalue weighted by Crippen LogP contribution is -2.38. The summed E-state index contributed by atoms with van der Waals surface area (Å²) >= 11 is 1.54. The third-order valence-electron chi connectivity index (χ3n) is 3.86. The highest BCUT2D eigenvalue weighted by Gasteiger charge is 2.20. The highest BCUT2D eigenvalue weighted by Crippen LogP contribution is 2.26. The maximum absolute atomic E-state index is 10.3. The number of aromatic nitrogens is 3. The van der Waals surface area contributed by atoms with E-state index in [9.17, 15) is 5.11 Å². The summed E-state index contributed by atoms with van der Waals surface area (Å²) < 4.78 is 7.50. The van der Waals surface area contributed by atoms with E-state index in [1.165, 1.54) is 0 Å². The molecule has 1 aliphatic rings. The van der Waals surface area contributed by atoms with Gasteiger partial charge >= 0.3 is 0 Å². The van der Waals surface area contributed by atoms with E-state index in [0.29, 0.717) is 5.75 Å². The molecule has 0 radical (unpaired) electrons. The molecule has 1 N–H and O–H groups in total. The summed E-state index contributed by atoms with van der Waals surface area (Å²) in [6.45, 7) is 6.04. The van der Waals surface area contributed by atoms with Gasteiger partial charge in [0.1, 0.15) is 0 Å². The summed E-state index contributed by atoms with van der Waals surface area (Å²) in [5.41, 5.74) is 0.927. The zero-order valence-corrected chi connectivity index (χ0v) is 14.1. The molecular weight excluding hydrogens is 312 g/mol. The Bertz CT molecular complexity index is 614. The number of thioether (sulfide) groups is 1. The summed E-state index contributed by atoms with van der Waals surface area (Å²) in [6, 6.07) is 9.71. The van der Waals surface area contributed by atoms with Gasteiger partial charge in [0.15, 0.2) is 5.16 Å². The first kappa shape index (κ1) is 16.3. The van der Waals surface area contributed by atoms with Crippen LogP contribution < -0.4 is 4.90 Å². The fraction of sp³-hybridized carbons (Fsp3) is 0.500. The lowest BCUT2D eigenvalue weighted by Gasteiger charge is -2.27. The quantitative estimate of drug-likeness (QED) is 0.815. The van der Waals surface area contributed by atoms with Crippen LogP contribution in [0.5, 0.6) is 0 Å². The predicted octanol–water partition coefficient (Wildman–Crippen LogP) is 1.96. The zero-order chi connectivity index (χ0) is 16.1. The van der Waals surface area contributed by atoms with Crippen LogP contribution in [0, 0.1) is 0 Å². The molecule has 7 heteroatoms. The lowest BCUT2D eigenvalue weighted by atomic mass is 10.1. The number of aliphatic hydroxyl groups excluding tert-OH is 1. The van der Waals surface area contributed by atoms with E-state index < -0.39 is 6.10 Å². The van der Waals surface area contributed by atoms with E-state index in [-0.39, 0.29) is 0 Å². The number of rotatable bonds is 6. The summed E-state index contributed by atoms with van der Waals surface area (Å²) in [5, 5.41) is 19.8. The first-order chi connectivity index (χ1) is 11.3. The molecule has 0 aliphatic carbocycles. The SMILES string of the molecule is CCn1c(SCC(O)c2ccccc2)nnc1N1CCOCC1. The number of anilines is 1. The van der Waals surface area contributed by atoms with Gasteiger partial charge in [-0.05, 0) is 12.5 Å². The molecule has 0 bridgehead atoms. The number of morpholine rings is 1. The van der Waals surface area contributed by atoms with Gasteiger partial charge in [0, 0.05) is 25.4 Å². The summed E-state index contributed by atoms with van der Waals surface area (Å²) in [6.07, 6.45) is -0.505. The van der Waals surface area contributed by atoms with Crippen molar-refractivity contribution in [1.29, 1.82) is 0 Å². The van der Waals surface area contributed by atoms with E-state index in [4.69, 9.17) is 4.74 Å². The Labute approximate surface area is 140 Å². The average molecular weight is 334 g/mol. The topological polar surface area (TPSA) is 63.4 Å². The van der Waals surface area contributed by atoms with Crippen LogP contribution >= 0.6 is 11.8 Å². The maximum atomic E-state index is 10.3. The molecule has 1 aromatic heterocycles. The first-order valence-electron chi connectivity index (χ1n) is 7.91. The molecule has 0 saturated carbocycles. The van der Waals surface area contributed by atoms with Crippen LogP contribution in [0.3, 0.4) is 0 Å². The second kappa shape index (κ2) is 7.81. The Kier molecular flexibility index (Phi) is 5.53. The molecular formula is C16H22N4O2S. The number of hydrogen-bond donors (Lipinski definition) is 1. The minimum Gasteiger partial charge on any atom is -0.388 e. The largest absolute Gasteiger partial charge is 0.388 e. The Morgan fingerprint density at radius 2 is 1.96 bits per heavy atom. The minimum atomic E-state index is -0.505. The third-order valence-corrected chi connectivity index (χ3v) is 4.90. The van der Waals surface area contributed by atoms with Crippen molar-refractivity contribution in [2.75, 3.05) is 37.0 Å². The monoisotopic (exact) mass is 334 g/mol. The minimum absolute atomic E-state index is 0.505. The molecule has 23 heavy (non-hydrogen) atoms. The van der Waals surface area contributed by atoms with Crippen LogP contribution in [0.15, 0.2) is 35.5 Å². The highest BCUT2D eigenvalue weighted by atomic mass is 32.2. The Hall–Kier alpha value is -1.57. The average Bonchev–Trinajstić information content (AvgIpc) is 3.04. The second-order valence-electron chi connectivity index (χ2n) is 5.36. The molecule has 1 unspecified atom stereocenters. The Morgan fingerprint density at radius 3 is 2.65 bits per heavy atom. The molecule has 0 spiro atoms. The molecule has 1 atom stereocenters. The summed E-state index contributed by atoms with van der Waals surface area (Å²) in [4.78, 5) is 2.21. The molecule has 1 aliphatic heterocycles. The van der Waals surface area contributed by atoms with Gasteiger partial charge in [-0.3, -0.25) is 4.57 Å². The van der Waals surface area contributed by atoms with Crippen molar-refractivity contribution >= 4 is 17.7 Å². The van der Waals surface area contributed by atoms with Gasteiger partial charge in [-0.25, -0.2) is 0 Å². The lowest BCUT2D eigenvalue weighted by molar-refractivity contribution is 0.121. The highest BCUT2D eigenvalue weighted by molar-refractivity contribution is 7.99. The fourth-order valence-electron chi connectivity index (χ4n) is 2.59. The van der Waals surface area contributed by atoms with Gasteiger partial charge in [-0.2, -0.15) is 0 Å². The molecule has 1 aromatic carbocycles. The molecule has 6 nitrogen and oxygen atoms in total.